The first-order valence-corrected chi connectivity index (χ1v) is 8.13. The summed E-state index contributed by atoms with van der Waals surface area (Å²) in [6.45, 7) is 0. The number of hydrogen-bond acceptors (Lipinski definition) is 9. The fourth-order valence-corrected chi connectivity index (χ4v) is 2.17. The van der Waals surface area contributed by atoms with E-state index in [-0.39, 0.29) is 34.3 Å². The van der Waals surface area contributed by atoms with E-state index in [1.165, 1.54) is 42.6 Å². The molecule has 0 spiro atoms. The summed E-state index contributed by atoms with van der Waals surface area (Å²) in [4.78, 5) is 55.8. The number of nitrogens with zero attached hydrogens (tertiary/aromatic N) is 5. The van der Waals surface area contributed by atoms with Gasteiger partial charge in [0.05, 0.1) is 15.4 Å². The highest BCUT2D eigenvalue weighted by Gasteiger charge is 2.13. The number of rotatable bonds is 6. The molecular weight excluding hydrogens is 398 g/mol. The SMILES string of the molecule is O=C(Nc1ccc([N+](=O)[O-])cn1)c1ccc(C(=O)Nc2ccc([N+](=O)[O-])cn2)nc1. The van der Waals surface area contributed by atoms with Crippen molar-refractivity contribution in [2.24, 2.45) is 0 Å². The molecule has 2 N–H and O–H groups in total. The van der Waals surface area contributed by atoms with Crippen molar-refractivity contribution in [3.8, 4) is 0 Å². The van der Waals surface area contributed by atoms with Gasteiger partial charge in [0.25, 0.3) is 23.2 Å². The molecule has 0 aliphatic carbocycles. The van der Waals surface area contributed by atoms with Gasteiger partial charge < -0.3 is 10.6 Å². The van der Waals surface area contributed by atoms with Crippen molar-refractivity contribution in [3.63, 3.8) is 0 Å². The van der Waals surface area contributed by atoms with Gasteiger partial charge in [0.1, 0.15) is 29.7 Å². The van der Waals surface area contributed by atoms with Crippen molar-refractivity contribution in [1.29, 1.82) is 0 Å². The summed E-state index contributed by atoms with van der Waals surface area (Å²) in [5.41, 5.74) is -0.322. The Labute approximate surface area is 167 Å². The molecule has 0 aliphatic rings. The van der Waals surface area contributed by atoms with E-state index in [1.807, 2.05) is 0 Å². The van der Waals surface area contributed by atoms with Crippen LogP contribution in [0.15, 0.2) is 55.0 Å². The molecule has 0 saturated heterocycles. The molecule has 13 nitrogen and oxygen atoms in total. The Morgan fingerprint density at radius 3 is 1.63 bits per heavy atom. The van der Waals surface area contributed by atoms with Crippen LogP contribution in [0.3, 0.4) is 0 Å². The molecule has 150 valence electrons. The third-order valence-corrected chi connectivity index (χ3v) is 3.66. The van der Waals surface area contributed by atoms with Crippen LogP contribution in [0.25, 0.3) is 0 Å². The second-order valence-electron chi connectivity index (χ2n) is 5.66. The fraction of sp³-hybridized carbons (Fsp3) is 0. The van der Waals surface area contributed by atoms with Crippen LogP contribution in [0.4, 0.5) is 23.0 Å². The number of amides is 2. The zero-order valence-electron chi connectivity index (χ0n) is 14.9. The van der Waals surface area contributed by atoms with Gasteiger partial charge in [-0.05, 0) is 24.3 Å². The first-order valence-electron chi connectivity index (χ1n) is 8.13. The number of hydrogen-bond donors (Lipinski definition) is 2. The van der Waals surface area contributed by atoms with E-state index >= 15 is 0 Å². The molecule has 0 radical (unpaired) electrons. The summed E-state index contributed by atoms with van der Waals surface area (Å²) in [5, 5.41) is 26.1. The van der Waals surface area contributed by atoms with Gasteiger partial charge in [-0.25, -0.2) is 9.97 Å². The molecule has 3 heterocycles. The highest BCUT2D eigenvalue weighted by atomic mass is 16.6. The van der Waals surface area contributed by atoms with Gasteiger partial charge in [-0.2, -0.15) is 0 Å². The molecule has 3 rings (SSSR count). The Balaban J connectivity index is 1.63. The van der Waals surface area contributed by atoms with Crippen molar-refractivity contribution in [3.05, 3.63) is 86.5 Å². The van der Waals surface area contributed by atoms with Crippen LogP contribution in [-0.2, 0) is 0 Å². The van der Waals surface area contributed by atoms with Crippen LogP contribution in [0.1, 0.15) is 20.8 Å². The molecule has 0 bridgehead atoms. The lowest BCUT2D eigenvalue weighted by molar-refractivity contribution is -0.385. The highest BCUT2D eigenvalue weighted by molar-refractivity contribution is 6.05. The average molecular weight is 409 g/mol. The zero-order valence-corrected chi connectivity index (χ0v) is 14.9. The summed E-state index contributed by atoms with van der Waals surface area (Å²) < 4.78 is 0. The first-order chi connectivity index (χ1) is 14.3. The van der Waals surface area contributed by atoms with E-state index in [1.54, 1.807) is 0 Å². The zero-order chi connectivity index (χ0) is 21.7. The van der Waals surface area contributed by atoms with E-state index < -0.39 is 21.7 Å². The van der Waals surface area contributed by atoms with Crippen LogP contribution < -0.4 is 10.6 Å². The maximum absolute atomic E-state index is 12.2. The van der Waals surface area contributed by atoms with Crippen molar-refractivity contribution in [2.75, 3.05) is 10.6 Å². The van der Waals surface area contributed by atoms with E-state index in [4.69, 9.17) is 0 Å². The van der Waals surface area contributed by atoms with Crippen LogP contribution in [0, 0.1) is 20.2 Å². The normalized spacial score (nSPS) is 10.1. The molecule has 0 saturated carbocycles. The van der Waals surface area contributed by atoms with Gasteiger partial charge in [0, 0.05) is 18.3 Å². The molecule has 2 amide bonds. The Bertz CT molecular complexity index is 1020. The van der Waals surface area contributed by atoms with E-state index in [2.05, 4.69) is 25.6 Å². The molecule has 3 aromatic rings. The number of carbonyl (C=O) groups excluding carboxylic acids is 2. The lowest BCUT2D eigenvalue weighted by Crippen LogP contribution is -2.17. The van der Waals surface area contributed by atoms with Crippen molar-refractivity contribution in [2.45, 2.75) is 0 Å². The van der Waals surface area contributed by atoms with E-state index in [0.717, 1.165) is 12.4 Å². The maximum Gasteiger partial charge on any atom is 0.287 e. The topological polar surface area (TPSA) is 183 Å². The van der Waals surface area contributed by atoms with Crippen LogP contribution >= 0.6 is 0 Å². The quantitative estimate of drug-likeness (QED) is 0.455. The first kappa shape index (κ1) is 19.9. The number of nitrogens with one attached hydrogen (secondary N) is 2. The summed E-state index contributed by atoms with van der Waals surface area (Å²) in [7, 11) is 0. The summed E-state index contributed by atoms with van der Waals surface area (Å²) >= 11 is 0. The van der Waals surface area contributed by atoms with E-state index in [0.29, 0.717) is 0 Å². The minimum Gasteiger partial charge on any atom is -0.307 e. The van der Waals surface area contributed by atoms with Crippen LogP contribution in [0.2, 0.25) is 0 Å². The number of carbonyl (C=O) groups is 2. The lowest BCUT2D eigenvalue weighted by atomic mass is 10.2. The lowest BCUT2D eigenvalue weighted by Gasteiger charge is -2.06. The monoisotopic (exact) mass is 409 g/mol. The Morgan fingerprint density at radius 1 is 0.700 bits per heavy atom. The van der Waals surface area contributed by atoms with Crippen molar-refractivity contribution < 1.29 is 19.4 Å². The van der Waals surface area contributed by atoms with Crippen LogP contribution in [0.5, 0.6) is 0 Å². The van der Waals surface area contributed by atoms with Crippen LogP contribution in [-0.4, -0.2) is 36.6 Å². The fourth-order valence-electron chi connectivity index (χ4n) is 2.17. The summed E-state index contributed by atoms with van der Waals surface area (Å²) in [6.07, 6.45) is 3.18. The maximum atomic E-state index is 12.2. The van der Waals surface area contributed by atoms with Gasteiger partial charge >= 0.3 is 0 Å². The number of pyridine rings is 3. The van der Waals surface area contributed by atoms with Gasteiger partial charge in [-0.1, -0.05) is 0 Å². The molecule has 13 heteroatoms. The summed E-state index contributed by atoms with van der Waals surface area (Å²) in [5.74, 6) is -0.997. The Kier molecular flexibility index (Phi) is 5.63. The molecule has 0 atom stereocenters. The summed E-state index contributed by atoms with van der Waals surface area (Å²) in [6, 6.07) is 7.60. The van der Waals surface area contributed by atoms with Gasteiger partial charge in [0.15, 0.2) is 0 Å². The van der Waals surface area contributed by atoms with E-state index in [9.17, 15) is 29.8 Å². The minimum atomic E-state index is -0.625. The van der Waals surface area contributed by atoms with Gasteiger partial charge in [-0.3, -0.25) is 34.8 Å². The molecular formula is C17H11N7O6. The molecule has 0 aliphatic heterocycles. The minimum absolute atomic E-state index is 0.0137. The molecule has 30 heavy (non-hydrogen) atoms. The third-order valence-electron chi connectivity index (χ3n) is 3.66. The number of nitro groups is 2. The van der Waals surface area contributed by atoms with Crippen molar-refractivity contribution >= 4 is 34.8 Å². The van der Waals surface area contributed by atoms with Gasteiger partial charge in [-0.15, -0.1) is 0 Å². The average Bonchev–Trinajstić information content (AvgIpc) is 2.74. The van der Waals surface area contributed by atoms with Gasteiger partial charge in [0.2, 0.25) is 0 Å². The standard InChI is InChI=1S/C17H11N7O6/c25-16(21-14-5-2-11(8-19-14)23(27)28)10-1-4-13(18-7-10)17(26)22-15-6-3-12(9-20-15)24(29)30/h1-9H,(H,19,21,25)(H,20,22,26). The molecule has 0 aromatic carbocycles. The number of aromatic nitrogens is 3. The smallest absolute Gasteiger partial charge is 0.287 e. The highest BCUT2D eigenvalue weighted by Crippen LogP contribution is 2.14. The molecule has 3 aromatic heterocycles. The van der Waals surface area contributed by atoms with Crippen molar-refractivity contribution in [1.82, 2.24) is 15.0 Å². The third kappa shape index (κ3) is 4.72. The predicted octanol–water partition coefficient (Wildman–Crippen LogP) is 2.19. The number of anilines is 2. The second-order valence-corrected chi connectivity index (χ2v) is 5.66. The largest absolute Gasteiger partial charge is 0.307 e. The molecule has 0 unspecified atom stereocenters. The second kappa shape index (κ2) is 8.47. The Hall–Kier alpha value is -4.81. The Morgan fingerprint density at radius 2 is 1.23 bits per heavy atom. The molecule has 0 fully saturated rings. The predicted molar refractivity (Wildman–Crippen MR) is 102 cm³/mol.